The van der Waals surface area contributed by atoms with E-state index in [4.69, 9.17) is 4.74 Å². The number of aromatic nitrogens is 2. The third-order valence-corrected chi connectivity index (χ3v) is 3.84. The van der Waals surface area contributed by atoms with Crippen molar-refractivity contribution in [3.8, 4) is 11.4 Å². The number of anilines is 2. The highest BCUT2D eigenvalue weighted by Crippen LogP contribution is 2.23. The molecule has 0 aliphatic rings. The van der Waals surface area contributed by atoms with Gasteiger partial charge >= 0.3 is 0 Å². The monoisotopic (exact) mass is 364 g/mol. The molecule has 0 fully saturated rings. The molecule has 0 bridgehead atoms. The lowest BCUT2D eigenvalue weighted by Crippen LogP contribution is -2.14. The van der Waals surface area contributed by atoms with E-state index in [9.17, 15) is 9.59 Å². The minimum absolute atomic E-state index is 0.177. The van der Waals surface area contributed by atoms with Gasteiger partial charge < -0.3 is 15.4 Å². The lowest BCUT2D eigenvalue weighted by molar-refractivity contribution is -0.114. The molecule has 3 rings (SSSR count). The van der Waals surface area contributed by atoms with Gasteiger partial charge in [0.15, 0.2) is 5.69 Å². The maximum atomic E-state index is 12.5. The van der Waals surface area contributed by atoms with Crippen molar-refractivity contribution in [2.45, 2.75) is 13.8 Å². The van der Waals surface area contributed by atoms with Crippen molar-refractivity contribution < 1.29 is 14.3 Å². The number of ether oxygens (including phenoxy) is 1. The minimum atomic E-state index is -0.347. The fourth-order valence-corrected chi connectivity index (χ4v) is 2.63. The summed E-state index contributed by atoms with van der Waals surface area (Å²) in [7, 11) is 1.59. The highest BCUT2D eigenvalue weighted by molar-refractivity contribution is 6.03. The predicted octanol–water partition coefficient (Wildman–Crippen LogP) is 3.40. The van der Waals surface area contributed by atoms with Crippen LogP contribution in [0.25, 0.3) is 5.69 Å². The van der Waals surface area contributed by atoms with Crippen LogP contribution >= 0.6 is 0 Å². The Morgan fingerprint density at radius 1 is 1.04 bits per heavy atom. The number of hydrogen-bond acceptors (Lipinski definition) is 4. The molecule has 138 valence electrons. The first-order chi connectivity index (χ1) is 13.0. The molecule has 3 aromatic rings. The topological polar surface area (TPSA) is 85.2 Å². The van der Waals surface area contributed by atoms with Gasteiger partial charge in [-0.15, -0.1) is 0 Å². The summed E-state index contributed by atoms with van der Waals surface area (Å²) in [5.74, 6) is 0.142. The third-order valence-electron chi connectivity index (χ3n) is 3.84. The molecule has 0 saturated carbocycles. The zero-order valence-electron chi connectivity index (χ0n) is 15.3. The smallest absolute Gasteiger partial charge is 0.276 e. The van der Waals surface area contributed by atoms with Gasteiger partial charge in [0.25, 0.3) is 5.91 Å². The molecule has 2 N–H and O–H groups in total. The van der Waals surface area contributed by atoms with Crippen LogP contribution in [0.1, 0.15) is 23.0 Å². The lowest BCUT2D eigenvalue weighted by atomic mass is 10.2. The second-order valence-corrected chi connectivity index (χ2v) is 6.04. The maximum absolute atomic E-state index is 12.5. The minimum Gasteiger partial charge on any atom is -0.494 e. The first kappa shape index (κ1) is 18.2. The van der Waals surface area contributed by atoms with Crippen molar-refractivity contribution in [2.24, 2.45) is 0 Å². The zero-order chi connectivity index (χ0) is 19.4. The Labute approximate surface area is 157 Å². The van der Waals surface area contributed by atoms with Gasteiger partial charge in [0.1, 0.15) is 11.4 Å². The highest BCUT2D eigenvalue weighted by Gasteiger charge is 2.13. The number of hydrogen-bond donors (Lipinski definition) is 2. The third kappa shape index (κ3) is 4.33. The van der Waals surface area contributed by atoms with Crippen LogP contribution < -0.4 is 15.4 Å². The average molecular weight is 364 g/mol. The summed E-state index contributed by atoms with van der Waals surface area (Å²) in [5, 5.41) is 9.81. The second-order valence-electron chi connectivity index (χ2n) is 6.04. The van der Waals surface area contributed by atoms with E-state index in [1.807, 2.05) is 25.1 Å². The van der Waals surface area contributed by atoms with E-state index in [0.717, 1.165) is 11.3 Å². The van der Waals surface area contributed by atoms with Gasteiger partial charge in [0.2, 0.25) is 5.91 Å². The first-order valence-electron chi connectivity index (χ1n) is 8.36. The van der Waals surface area contributed by atoms with Crippen LogP contribution in [-0.2, 0) is 4.79 Å². The SMILES string of the molecule is COc1ccc(C)cc1-n1ccc(C(=O)Nc2cccc(NC(C)=O)c2)n1. The molecule has 7 heteroatoms. The molecule has 0 aliphatic carbocycles. The van der Waals surface area contributed by atoms with Crippen molar-refractivity contribution in [3.63, 3.8) is 0 Å². The summed E-state index contributed by atoms with van der Waals surface area (Å²) in [5.41, 5.74) is 3.25. The van der Waals surface area contributed by atoms with E-state index in [2.05, 4.69) is 15.7 Å². The van der Waals surface area contributed by atoms with Crippen molar-refractivity contribution in [1.82, 2.24) is 9.78 Å². The summed E-state index contributed by atoms with van der Waals surface area (Å²) in [6.45, 7) is 3.40. The fourth-order valence-electron chi connectivity index (χ4n) is 2.63. The molecule has 0 aliphatic heterocycles. The first-order valence-corrected chi connectivity index (χ1v) is 8.36. The van der Waals surface area contributed by atoms with E-state index < -0.39 is 0 Å². The summed E-state index contributed by atoms with van der Waals surface area (Å²) in [4.78, 5) is 23.7. The molecule has 0 atom stereocenters. The van der Waals surface area contributed by atoms with E-state index in [-0.39, 0.29) is 17.5 Å². The predicted molar refractivity (Wildman–Crippen MR) is 104 cm³/mol. The standard InChI is InChI=1S/C20H20N4O3/c1-13-7-8-19(27-3)18(11-13)24-10-9-17(23-24)20(26)22-16-6-4-5-15(12-16)21-14(2)25/h4-12H,1-3H3,(H,21,25)(H,22,26). The molecule has 2 aromatic carbocycles. The molecule has 1 heterocycles. The van der Waals surface area contributed by atoms with Crippen LogP contribution in [0.4, 0.5) is 11.4 Å². The number of nitrogens with one attached hydrogen (secondary N) is 2. The van der Waals surface area contributed by atoms with Gasteiger partial charge in [-0.1, -0.05) is 12.1 Å². The van der Waals surface area contributed by atoms with Crippen LogP contribution in [0.3, 0.4) is 0 Å². The zero-order valence-corrected chi connectivity index (χ0v) is 15.3. The summed E-state index contributed by atoms with van der Waals surface area (Å²) < 4.78 is 6.97. The fraction of sp³-hybridized carbons (Fsp3) is 0.150. The van der Waals surface area contributed by atoms with Crippen LogP contribution in [0.15, 0.2) is 54.7 Å². The molecule has 0 radical (unpaired) electrons. The Balaban J connectivity index is 1.80. The Hall–Kier alpha value is -3.61. The molecular formula is C20H20N4O3. The largest absolute Gasteiger partial charge is 0.494 e. The van der Waals surface area contributed by atoms with Crippen LogP contribution in [-0.4, -0.2) is 28.7 Å². The van der Waals surface area contributed by atoms with E-state index >= 15 is 0 Å². The van der Waals surface area contributed by atoms with Crippen molar-refractivity contribution in [2.75, 3.05) is 17.7 Å². The average Bonchev–Trinajstić information content (AvgIpc) is 3.11. The molecule has 0 spiro atoms. The number of nitrogens with zero attached hydrogens (tertiary/aromatic N) is 2. The maximum Gasteiger partial charge on any atom is 0.276 e. The molecule has 1 aromatic heterocycles. The number of benzene rings is 2. The van der Waals surface area contributed by atoms with Gasteiger partial charge in [0, 0.05) is 24.5 Å². The summed E-state index contributed by atoms with van der Waals surface area (Å²) in [6.07, 6.45) is 1.71. The van der Waals surface area contributed by atoms with Crippen LogP contribution in [0.5, 0.6) is 5.75 Å². The Morgan fingerprint density at radius 3 is 2.48 bits per heavy atom. The van der Waals surface area contributed by atoms with E-state index in [1.54, 1.807) is 48.3 Å². The quantitative estimate of drug-likeness (QED) is 0.727. The van der Waals surface area contributed by atoms with Gasteiger partial charge in [0.05, 0.1) is 7.11 Å². The number of amides is 2. The molecule has 7 nitrogen and oxygen atoms in total. The number of methoxy groups -OCH3 is 1. The van der Waals surface area contributed by atoms with Crippen LogP contribution in [0, 0.1) is 6.92 Å². The van der Waals surface area contributed by atoms with Gasteiger partial charge in [-0.25, -0.2) is 4.68 Å². The van der Waals surface area contributed by atoms with E-state index in [0.29, 0.717) is 17.1 Å². The Bertz CT molecular complexity index is 994. The van der Waals surface area contributed by atoms with Crippen LogP contribution in [0.2, 0.25) is 0 Å². The molecule has 0 saturated heterocycles. The molecular weight excluding hydrogens is 344 g/mol. The summed E-state index contributed by atoms with van der Waals surface area (Å²) in [6, 6.07) is 14.3. The normalized spacial score (nSPS) is 10.3. The number of carbonyl (C=O) groups excluding carboxylic acids is 2. The number of aryl methyl sites for hydroxylation is 1. The van der Waals surface area contributed by atoms with E-state index in [1.165, 1.54) is 6.92 Å². The van der Waals surface area contributed by atoms with Crippen molar-refractivity contribution in [3.05, 3.63) is 66.0 Å². The molecule has 2 amide bonds. The van der Waals surface area contributed by atoms with Crippen molar-refractivity contribution >= 4 is 23.2 Å². The highest BCUT2D eigenvalue weighted by atomic mass is 16.5. The number of carbonyl (C=O) groups is 2. The van der Waals surface area contributed by atoms with Gasteiger partial charge in [-0.05, 0) is 48.9 Å². The Kier molecular flexibility index (Phi) is 5.21. The number of rotatable bonds is 5. The van der Waals surface area contributed by atoms with Crippen molar-refractivity contribution in [1.29, 1.82) is 0 Å². The molecule has 27 heavy (non-hydrogen) atoms. The van der Waals surface area contributed by atoms with Gasteiger partial charge in [-0.3, -0.25) is 9.59 Å². The Morgan fingerprint density at radius 2 is 1.78 bits per heavy atom. The second kappa shape index (κ2) is 7.74. The van der Waals surface area contributed by atoms with Gasteiger partial charge in [-0.2, -0.15) is 5.10 Å². The lowest BCUT2D eigenvalue weighted by Gasteiger charge is -2.09. The summed E-state index contributed by atoms with van der Waals surface area (Å²) >= 11 is 0. The molecule has 0 unspecified atom stereocenters.